The molecule has 7 heteroatoms. The monoisotopic (exact) mass is 394 g/mol. The summed E-state index contributed by atoms with van der Waals surface area (Å²) >= 11 is 9.22. The molecule has 0 spiro atoms. The zero-order valence-corrected chi connectivity index (χ0v) is 15.6. The topological polar surface area (TPSA) is 50.3 Å². The molecule has 1 aliphatic carbocycles. The van der Waals surface area contributed by atoms with Gasteiger partial charge < -0.3 is 0 Å². The molecule has 1 aliphatic rings. The van der Waals surface area contributed by atoms with Crippen molar-refractivity contribution in [2.75, 3.05) is 7.05 Å². The molecule has 1 aromatic heterocycles. The molecule has 0 bridgehead atoms. The van der Waals surface area contributed by atoms with E-state index in [2.05, 4.69) is 34.8 Å². The van der Waals surface area contributed by atoms with Gasteiger partial charge in [0.25, 0.3) is 0 Å². The number of hydrogen-bond donors (Lipinski definition) is 0. The number of nitrogens with zero attached hydrogens (tertiary/aromatic N) is 2. The van der Waals surface area contributed by atoms with Crippen LogP contribution in [0.3, 0.4) is 0 Å². The zero-order valence-electron chi connectivity index (χ0n) is 12.4. The van der Waals surface area contributed by atoms with Crippen molar-refractivity contribution in [2.24, 2.45) is 5.41 Å². The largest absolute Gasteiger partial charge is 0.246 e. The molecule has 1 fully saturated rings. The Labute approximate surface area is 140 Å². The molecule has 0 aromatic carbocycles. The Morgan fingerprint density at radius 1 is 1.38 bits per heavy atom. The number of aromatic nitrogens is 1. The van der Waals surface area contributed by atoms with E-state index in [1.165, 1.54) is 16.6 Å². The maximum absolute atomic E-state index is 12.7. The fourth-order valence-electron chi connectivity index (χ4n) is 2.68. The quantitative estimate of drug-likeness (QED) is 0.724. The van der Waals surface area contributed by atoms with Gasteiger partial charge in [-0.3, -0.25) is 0 Å². The predicted octanol–water partition coefficient (Wildman–Crippen LogP) is 4.09. The van der Waals surface area contributed by atoms with Gasteiger partial charge in [-0.2, -0.15) is 4.31 Å². The first-order chi connectivity index (χ1) is 9.63. The van der Waals surface area contributed by atoms with Crippen molar-refractivity contribution < 1.29 is 8.42 Å². The van der Waals surface area contributed by atoms with Crippen molar-refractivity contribution in [2.45, 2.75) is 50.5 Å². The standard InChI is InChI=1S/C14H20BrClN2O2S/c1-14(2)6-4-11(5-7-14)18(3)21(19,20)12-8-10(15)9-17-13(12)16/h8-9,11H,4-7H2,1-3H3. The molecule has 0 saturated heterocycles. The Kier molecular flexibility index (Phi) is 5.03. The lowest BCUT2D eigenvalue weighted by Gasteiger charge is -2.38. The average molecular weight is 396 g/mol. The number of rotatable bonds is 3. The summed E-state index contributed by atoms with van der Waals surface area (Å²) in [6, 6.07) is 1.53. The molecule has 1 heterocycles. The van der Waals surface area contributed by atoms with E-state index >= 15 is 0 Å². The lowest BCUT2D eigenvalue weighted by atomic mass is 9.76. The fourth-order valence-corrected chi connectivity index (χ4v) is 5.02. The van der Waals surface area contributed by atoms with Crippen LogP contribution in [0.15, 0.2) is 21.6 Å². The van der Waals surface area contributed by atoms with E-state index in [4.69, 9.17) is 11.6 Å². The molecule has 4 nitrogen and oxygen atoms in total. The number of sulfonamides is 1. The second kappa shape index (κ2) is 6.14. The summed E-state index contributed by atoms with van der Waals surface area (Å²) in [5.41, 5.74) is 0.302. The lowest BCUT2D eigenvalue weighted by Crippen LogP contribution is -2.40. The van der Waals surface area contributed by atoms with Crippen molar-refractivity contribution in [3.63, 3.8) is 0 Å². The van der Waals surface area contributed by atoms with Crippen molar-refractivity contribution >= 4 is 37.6 Å². The first-order valence-corrected chi connectivity index (χ1v) is 9.54. The Bertz CT molecular complexity index is 624. The molecular weight excluding hydrogens is 376 g/mol. The van der Waals surface area contributed by atoms with Gasteiger partial charge >= 0.3 is 0 Å². The molecule has 1 aromatic rings. The average Bonchev–Trinajstić information content (AvgIpc) is 2.40. The van der Waals surface area contributed by atoms with Crippen molar-refractivity contribution in [1.29, 1.82) is 0 Å². The van der Waals surface area contributed by atoms with E-state index in [0.29, 0.717) is 9.89 Å². The Hall–Kier alpha value is -0.170. The Morgan fingerprint density at radius 2 is 1.95 bits per heavy atom. The molecule has 0 unspecified atom stereocenters. The smallest absolute Gasteiger partial charge is 0.242 e. The summed E-state index contributed by atoms with van der Waals surface area (Å²) in [7, 11) is -1.99. The number of halogens is 2. The van der Waals surface area contributed by atoms with Gasteiger partial charge in [-0.15, -0.1) is 0 Å². The molecule has 0 radical (unpaired) electrons. The van der Waals surface area contributed by atoms with E-state index in [1.54, 1.807) is 7.05 Å². The van der Waals surface area contributed by atoms with Crippen LogP contribution in [-0.4, -0.2) is 30.8 Å². The van der Waals surface area contributed by atoms with Crippen molar-refractivity contribution in [3.8, 4) is 0 Å². The van der Waals surface area contributed by atoms with Gasteiger partial charge in [-0.05, 0) is 53.1 Å². The third-order valence-corrected chi connectivity index (χ3v) is 7.02. The van der Waals surface area contributed by atoms with Crippen LogP contribution in [0.2, 0.25) is 5.15 Å². The number of hydrogen-bond acceptors (Lipinski definition) is 3. The second-order valence-corrected chi connectivity index (χ2v) is 9.60. The summed E-state index contributed by atoms with van der Waals surface area (Å²) in [5, 5.41) is 0.0150. The minimum absolute atomic E-state index is 0.0150. The molecule has 0 N–H and O–H groups in total. The van der Waals surface area contributed by atoms with Crippen LogP contribution in [-0.2, 0) is 10.0 Å². The Morgan fingerprint density at radius 3 is 2.52 bits per heavy atom. The normalized spacial score (nSPS) is 19.9. The molecule has 0 atom stereocenters. The maximum atomic E-state index is 12.7. The van der Waals surface area contributed by atoms with E-state index in [0.717, 1.165) is 25.7 Å². The SMILES string of the molecule is CN(C1CCC(C)(C)CC1)S(=O)(=O)c1cc(Br)cnc1Cl. The third kappa shape index (κ3) is 3.78. The molecule has 1 saturated carbocycles. The lowest BCUT2D eigenvalue weighted by molar-refractivity contribution is 0.174. The first-order valence-electron chi connectivity index (χ1n) is 6.92. The summed E-state index contributed by atoms with van der Waals surface area (Å²) < 4.78 is 27.5. The molecule has 2 rings (SSSR count). The highest BCUT2D eigenvalue weighted by atomic mass is 79.9. The first kappa shape index (κ1) is 17.2. The van der Waals surface area contributed by atoms with Gasteiger partial charge in [-0.1, -0.05) is 25.4 Å². The van der Waals surface area contributed by atoms with Crippen molar-refractivity contribution in [3.05, 3.63) is 21.9 Å². The molecule has 118 valence electrons. The van der Waals surface area contributed by atoms with Gasteiger partial charge in [0.2, 0.25) is 10.0 Å². The van der Waals surface area contributed by atoms with Gasteiger partial charge in [0, 0.05) is 23.8 Å². The maximum Gasteiger partial charge on any atom is 0.246 e. The van der Waals surface area contributed by atoms with Crippen LogP contribution < -0.4 is 0 Å². The summed E-state index contributed by atoms with van der Waals surface area (Å²) in [4.78, 5) is 3.97. The predicted molar refractivity (Wildman–Crippen MR) is 87.9 cm³/mol. The zero-order chi connectivity index (χ0) is 15.8. The van der Waals surface area contributed by atoms with Crippen LogP contribution in [0, 0.1) is 5.41 Å². The van der Waals surface area contributed by atoms with E-state index < -0.39 is 10.0 Å². The number of pyridine rings is 1. The van der Waals surface area contributed by atoms with Gasteiger partial charge in [0.05, 0.1) is 0 Å². The van der Waals surface area contributed by atoms with Gasteiger partial charge in [0.1, 0.15) is 10.0 Å². The van der Waals surface area contributed by atoms with Crippen LogP contribution in [0.25, 0.3) is 0 Å². The van der Waals surface area contributed by atoms with Gasteiger partial charge in [-0.25, -0.2) is 13.4 Å². The molecular formula is C14H20BrClN2O2S. The minimum atomic E-state index is -3.62. The summed E-state index contributed by atoms with van der Waals surface area (Å²) in [6.07, 6.45) is 5.30. The highest BCUT2D eigenvalue weighted by molar-refractivity contribution is 9.10. The van der Waals surface area contributed by atoms with Crippen LogP contribution in [0.1, 0.15) is 39.5 Å². The van der Waals surface area contributed by atoms with Crippen LogP contribution in [0.4, 0.5) is 0 Å². The molecule has 21 heavy (non-hydrogen) atoms. The van der Waals surface area contributed by atoms with E-state index in [1.807, 2.05) is 0 Å². The van der Waals surface area contributed by atoms with Crippen LogP contribution in [0.5, 0.6) is 0 Å². The highest BCUT2D eigenvalue weighted by Gasteiger charge is 2.35. The Balaban J connectivity index is 2.25. The summed E-state index contributed by atoms with van der Waals surface area (Å²) in [6.45, 7) is 4.46. The highest BCUT2D eigenvalue weighted by Crippen LogP contribution is 2.38. The third-order valence-electron chi connectivity index (χ3n) is 4.25. The van der Waals surface area contributed by atoms with Crippen molar-refractivity contribution in [1.82, 2.24) is 9.29 Å². The van der Waals surface area contributed by atoms with Crippen LogP contribution >= 0.6 is 27.5 Å². The fraction of sp³-hybridized carbons (Fsp3) is 0.643. The van der Waals surface area contributed by atoms with E-state index in [9.17, 15) is 8.42 Å². The minimum Gasteiger partial charge on any atom is -0.242 e. The second-order valence-electron chi connectivity index (χ2n) is 6.36. The molecule has 0 amide bonds. The summed E-state index contributed by atoms with van der Waals surface area (Å²) in [5.74, 6) is 0. The molecule has 0 aliphatic heterocycles. The van der Waals surface area contributed by atoms with Gasteiger partial charge in [0.15, 0.2) is 0 Å². The van der Waals surface area contributed by atoms with E-state index in [-0.39, 0.29) is 16.1 Å².